The molecule has 0 fully saturated rings. The number of hydrogen-bond acceptors (Lipinski definition) is 5. The number of carbonyl (C=O) groups is 2. The average molecular weight is 395 g/mol. The number of nitrogens with zero attached hydrogens (tertiary/aromatic N) is 2. The molecule has 2 aromatic rings. The first-order valence-electron chi connectivity index (χ1n) is 9.35. The van der Waals surface area contributed by atoms with Crippen molar-refractivity contribution in [1.82, 2.24) is 9.88 Å². The lowest BCUT2D eigenvalue weighted by atomic mass is 9.99. The second kappa shape index (κ2) is 9.69. The van der Waals surface area contributed by atoms with Crippen LogP contribution in [0.25, 0.3) is 0 Å². The Morgan fingerprint density at radius 2 is 1.90 bits per heavy atom. The third kappa shape index (κ3) is 5.32. The average Bonchev–Trinajstić information content (AvgIpc) is 2.71. The zero-order chi connectivity index (χ0) is 21.6. The molecule has 7 nitrogen and oxygen atoms in total. The Labute approximate surface area is 169 Å². The van der Waals surface area contributed by atoms with Crippen molar-refractivity contribution >= 4 is 11.9 Å². The van der Waals surface area contributed by atoms with Crippen LogP contribution in [-0.4, -0.2) is 35.4 Å². The van der Waals surface area contributed by atoms with Gasteiger partial charge in [-0.15, -0.1) is 0 Å². The molecule has 0 spiro atoms. The summed E-state index contributed by atoms with van der Waals surface area (Å²) in [4.78, 5) is 40.4. The summed E-state index contributed by atoms with van der Waals surface area (Å²) in [6, 6.07) is 11.3. The standard InChI is InChI=1S/C22H25N3O4/c1-14-18(15(2)24-22(28)19(14)12-23)10-11-21(27)29-13-20(26)25(4)16(3)17-8-6-5-7-9-17/h5-9,16H,10-11,13H2,1-4H3,(H,24,28)/t16-/m0/s1. The molecule has 0 aliphatic rings. The highest BCUT2D eigenvalue weighted by molar-refractivity contribution is 5.80. The number of pyridine rings is 1. The molecular formula is C22H25N3O4. The van der Waals surface area contributed by atoms with Crippen molar-refractivity contribution in [3.8, 4) is 6.07 Å². The van der Waals surface area contributed by atoms with Crippen molar-refractivity contribution in [3.63, 3.8) is 0 Å². The van der Waals surface area contributed by atoms with Crippen LogP contribution in [0.3, 0.4) is 0 Å². The van der Waals surface area contributed by atoms with E-state index in [-0.39, 0.29) is 30.5 Å². The molecule has 7 heteroatoms. The largest absolute Gasteiger partial charge is 0.456 e. The fourth-order valence-corrected chi connectivity index (χ4v) is 3.13. The van der Waals surface area contributed by atoms with E-state index in [4.69, 9.17) is 10.00 Å². The molecule has 29 heavy (non-hydrogen) atoms. The van der Waals surface area contributed by atoms with Crippen LogP contribution < -0.4 is 5.56 Å². The Morgan fingerprint density at radius 1 is 1.24 bits per heavy atom. The van der Waals surface area contributed by atoms with E-state index in [2.05, 4.69) is 4.98 Å². The van der Waals surface area contributed by atoms with E-state index in [0.717, 1.165) is 11.1 Å². The van der Waals surface area contributed by atoms with Crippen molar-refractivity contribution in [1.29, 1.82) is 5.26 Å². The first-order valence-corrected chi connectivity index (χ1v) is 9.35. The maximum Gasteiger partial charge on any atom is 0.306 e. The summed E-state index contributed by atoms with van der Waals surface area (Å²) < 4.78 is 5.13. The minimum absolute atomic E-state index is 0.0455. The first-order chi connectivity index (χ1) is 13.8. The van der Waals surface area contributed by atoms with Gasteiger partial charge in [0.05, 0.1) is 6.04 Å². The van der Waals surface area contributed by atoms with Crippen LogP contribution in [0, 0.1) is 25.2 Å². The highest BCUT2D eigenvalue weighted by atomic mass is 16.5. The molecule has 152 valence electrons. The number of benzene rings is 1. The molecule has 1 N–H and O–H groups in total. The molecule has 0 aliphatic heterocycles. The van der Waals surface area contributed by atoms with Gasteiger partial charge in [-0.25, -0.2) is 0 Å². The van der Waals surface area contributed by atoms with Crippen LogP contribution in [0.1, 0.15) is 47.3 Å². The molecule has 1 amide bonds. The summed E-state index contributed by atoms with van der Waals surface area (Å²) in [6.45, 7) is 4.98. The van der Waals surface area contributed by atoms with Crippen LogP contribution in [-0.2, 0) is 20.7 Å². The van der Waals surface area contributed by atoms with E-state index >= 15 is 0 Å². The van der Waals surface area contributed by atoms with Crippen LogP contribution >= 0.6 is 0 Å². The van der Waals surface area contributed by atoms with E-state index in [9.17, 15) is 14.4 Å². The highest BCUT2D eigenvalue weighted by Crippen LogP contribution is 2.18. The van der Waals surface area contributed by atoms with Gasteiger partial charge in [0.2, 0.25) is 0 Å². The molecule has 1 atom stereocenters. The first kappa shape index (κ1) is 21.9. The van der Waals surface area contributed by atoms with E-state index in [0.29, 0.717) is 17.7 Å². The van der Waals surface area contributed by atoms with E-state index in [1.54, 1.807) is 20.9 Å². The van der Waals surface area contributed by atoms with Gasteiger partial charge in [0.25, 0.3) is 11.5 Å². The number of H-pyrrole nitrogens is 1. The molecule has 0 aliphatic carbocycles. The van der Waals surface area contributed by atoms with Gasteiger partial charge in [0.1, 0.15) is 11.6 Å². The Kier molecular flexibility index (Phi) is 7.32. The number of nitrogens with one attached hydrogen (secondary N) is 1. The number of rotatable bonds is 7. The molecule has 0 saturated carbocycles. The van der Waals surface area contributed by atoms with Gasteiger partial charge in [-0.1, -0.05) is 30.3 Å². The number of nitriles is 1. The molecule has 0 radical (unpaired) electrons. The molecule has 0 saturated heterocycles. The van der Waals surface area contributed by atoms with Crippen LogP contribution in [0.15, 0.2) is 35.1 Å². The zero-order valence-corrected chi connectivity index (χ0v) is 17.1. The van der Waals surface area contributed by atoms with Gasteiger partial charge < -0.3 is 14.6 Å². The monoisotopic (exact) mass is 395 g/mol. The topological polar surface area (TPSA) is 103 Å². The second-order valence-corrected chi connectivity index (χ2v) is 6.92. The number of esters is 1. The number of aromatic nitrogens is 1. The van der Waals surface area contributed by atoms with E-state index in [1.165, 1.54) is 4.90 Å². The van der Waals surface area contributed by atoms with Crippen molar-refractivity contribution in [2.45, 2.75) is 39.7 Å². The summed E-state index contributed by atoms with van der Waals surface area (Å²) >= 11 is 0. The third-order valence-electron chi connectivity index (χ3n) is 5.11. The predicted molar refractivity (Wildman–Crippen MR) is 108 cm³/mol. The number of amides is 1. The summed E-state index contributed by atoms with van der Waals surface area (Å²) in [5.74, 6) is -0.805. The minimum Gasteiger partial charge on any atom is -0.456 e. The van der Waals surface area contributed by atoms with Gasteiger partial charge in [-0.2, -0.15) is 5.26 Å². The lowest BCUT2D eigenvalue weighted by Gasteiger charge is -2.25. The van der Waals surface area contributed by atoms with Crippen LogP contribution in [0.2, 0.25) is 0 Å². The fourth-order valence-electron chi connectivity index (χ4n) is 3.13. The van der Waals surface area contributed by atoms with Gasteiger partial charge in [-0.05, 0) is 43.9 Å². The Balaban J connectivity index is 1.91. The van der Waals surface area contributed by atoms with Crippen LogP contribution in [0.5, 0.6) is 0 Å². The SMILES string of the molecule is Cc1[nH]c(=O)c(C#N)c(C)c1CCC(=O)OCC(=O)N(C)[C@@H](C)c1ccccc1. The number of carbonyl (C=O) groups excluding carboxylic acids is 2. The summed E-state index contributed by atoms with van der Waals surface area (Å²) in [5.41, 5.74) is 2.52. The second-order valence-electron chi connectivity index (χ2n) is 6.92. The van der Waals surface area contributed by atoms with Gasteiger partial charge in [0, 0.05) is 19.2 Å². The Hall–Kier alpha value is -3.40. The van der Waals surface area contributed by atoms with Crippen molar-refractivity contribution in [2.24, 2.45) is 0 Å². The molecular weight excluding hydrogens is 370 g/mol. The molecule has 2 rings (SSSR count). The van der Waals surface area contributed by atoms with Crippen molar-refractivity contribution in [3.05, 3.63) is 68.6 Å². The number of aryl methyl sites for hydroxylation is 1. The van der Waals surface area contributed by atoms with Crippen molar-refractivity contribution in [2.75, 3.05) is 13.7 Å². The summed E-state index contributed by atoms with van der Waals surface area (Å²) in [5, 5.41) is 9.11. The highest BCUT2D eigenvalue weighted by Gasteiger charge is 2.19. The van der Waals surface area contributed by atoms with Gasteiger partial charge >= 0.3 is 5.97 Å². The molecule has 0 bridgehead atoms. The quantitative estimate of drug-likeness (QED) is 0.726. The van der Waals surface area contributed by atoms with Gasteiger partial charge in [0.15, 0.2) is 6.61 Å². The maximum absolute atomic E-state index is 12.3. The van der Waals surface area contributed by atoms with Crippen LogP contribution in [0.4, 0.5) is 0 Å². The fraction of sp³-hybridized carbons (Fsp3) is 0.364. The Bertz CT molecular complexity index is 990. The minimum atomic E-state index is -0.511. The maximum atomic E-state index is 12.3. The molecule has 0 unspecified atom stereocenters. The molecule has 1 aromatic carbocycles. The summed E-state index contributed by atoms with van der Waals surface area (Å²) in [6.07, 6.45) is 0.357. The Morgan fingerprint density at radius 3 is 2.52 bits per heavy atom. The summed E-state index contributed by atoms with van der Waals surface area (Å²) in [7, 11) is 1.67. The molecule has 1 aromatic heterocycles. The lowest BCUT2D eigenvalue weighted by Crippen LogP contribution is -2.33. The number of likely N-dealkylation sites (N-methyl/N-ethyl adjacent to an activating group) is 1. The number of hydrogen-bond donors (Lipinski definition) is 1. The zero-order valence-electron chi connectivity index (χ0n) is 17.1. The number of aromatic amines is 1. The van der Waals surface area contributed by atoms with E-state index in [1.807, 2.05) is 43.3 Å². The third-order valence-corrected chi connectivity index (χ3v) is 5.11. The van der Waals surface area contributed by atoms with E-state index < -0.39 is 11.5 Å². The smallest absolute Gasteiger partial charge is 0.306 e. The van der Waals surface area contributed by atoms with Crippen molar-refractivity contribution < 1.29 is 14.3 Å². The number of ether oxygens (including phenoxy) is 1. The molecule has 1 heterocycles. The van der Waals surface area contributed by atoms with Gasteiger partial charge in [-0.3, -0.25) is 14.4 Å². The predicted octanol–water partition coefficient (Wildman–Crippen LogP) is 2.56. The lowest BCUT2D eigenvalue weighted by molar-refractivity contribution is -0.152. The normalized spacial score (nSPS) is 11.4.